The van der Waals surface area contributed by atoms with Gasteiger partial charge in [0, 0.05) is 39.2 Å². The molecular formula is C13H21N3O2S. The summed E-state index contributed by atoms with van der Waals surface area (Å²) >= 11 is 4.91. The summed E-state index contributed by atoms with van der Waals surface area (Å²) in [5.41, 5.74) is 6.50. The number of methoxy groups -OCH3 is 2. The Morgan fingerprint density at radius 2 is 2.16 bits per heavy atom. The monoisotopic (exact) mass is 283 g/mol. The minimum atomic E-state index is 0.529. The maximum absolute atomic E-state index is 5.55. The number of thiocarbonyl (C=S) groups is 1. The van der Waals surface area contributed by atoms with E-state index in [1.807, 2.05) is 18.2 Å². The highest BCUT2D eigenvalue weighted by Gasteiger charge is 2.08. The van der Waals surface area contributed by atoms with Crippen LogP contribution in [0.4, 0.5) is 0 Å². The average molecular weight is 283 g/mol. The summed E-state index contributed by atoms with van der Waals surface area (Å²) in [5, 5.41) is 0. The molecule has 1 aromatic heterocycles. The Morgan fingerprint density at radius 3 is 2.79 bits per heavy atom. The van der Waals surface area contributed by atoms with Crippen LogP contribution in [0.1, 0.15) is 12.1 Å². The molecule has 1 heterocycles. The predicted molar refractivity (Wildman–Crippen MR) is 79.3 cm³/mol. The molecule has 0 saturated carbocycles. The molecule has 0 amide bonds. The summed E-state index contributed by atoms with van der Waals surface area (Å²) < 4.78 is 10.2. The second-order valence-electron chi connectivity index (χ2n) is 4.16. The van der Waals surface area contributed by atoms with E-state index in [0.29, 0.717) is 23.9 Å². The zero-order chi connectivity index (χ0) is 14.1. The number of pyridine rings is 1. The first kappa shape index (κ1) is 15.8. The first-order valence-corrected chi connectivity index (χ1v) is 6.56. The smallest absolute Gasteiger partial charge is 0.213 e. The minimum Gasteiger partial charge on any atom is -0.481 e. The third kappa shape index (κ3) is 6.47. The lowest BCUT2D eigenvalue weighted by molar-refractivity contribution is 0.145. The van der Waals surface area contributed by atoms with Crippen molar-refractivity contribution < 1.29 is 9.47 Å². The zero-order valence-corrected chi connectivity index (χ0v) is 12.3. The summed E-state index contributed by atoms with van der Waals surface area (Å²) in [4.78, 5) is 7.14. The van der Waals surface area contributed by atoms with Gasteiger partial charge in [-0.2, -0.15) is 0 Å². The molecule has 6 heteroatoms. The molecule has 0 fully saturated rings. The van der Waals surface area contributed by atoms with Crippen LogP contribution in [0.3, 0.4) is 0 Å². The van der Waals surface area contributed by atoms with Crippen molar-refractivity contribution in [2.24, 2.45) is 5.73 Å². The first-order valence-electron chi connectivity index (χ1n) is 6.15. The van der Waals surface area contributed by atoms with Gasteiger partial charge in [-0.05, 0) is 6.07 Å². The maximum Gasteiger partial charge on any atom is 0.213 e. The van der Waals surface area contributed by atoms with E-state index < -0.39 is 0 Å². The van der Waals surface area contributed by atoms with Gasteiger partial charge in [-0.15, -0.1) is 0 Å². The molecule has 0 aliphatic heterocycles. The topological polar surface area (TPSA) is 60.6 Å². The van der Waals surface area contributed by atoms with Crippen molar-refractivity contribution >= 4 is 17.2 Å². The molecule has 0 aliphatic carbocycles. The molecule has 0 radical (unpaired) electrons. The van der Waals surface area contributed by atoms with Crippen molar-refractivity contribution in [3.05, 3.63) is 23.9 Å². The van der Waals surface area contributed by atoms with Gasteiger partial charge in [-0.25, -0.2) is 4.98 Å². The first-order chi connectivity index (χ1) is 9.15. The quantitative estimate of drug-likeness (QED) is 0.688. The number of aromatic nitrogens is 1. The molecule has 5 nitrogen and oxygen atoms in total. The molecule has 0 spiro atoms. The molecule has 0 aliphatic rings. The fourth-order valence-electron chi connectivity index (χ4n) is 1.65. The van der Waals surface area contributed by atoms with Gasteiger partial charge in [0.2, 0.25) is 5.88 Å². The predicted octanol–water partition coefficient (Wildman–Crippen LogP) is 1.21. The highest BCUT2D eigenvalue weighted by atomic mass is 32.1. The Bertz CT molecular complexity index is 401. The van der Waals surface area contributed by atoms with E-state index in [9.17, 15) is 0 Å². The molecule has 1 rings (SSSR count). The van der Waals surface area contributed by atoms with Gasteiger partial charge in [0.25, 0.3) is 0 Å². The van der Waals surface area contributed by atoms with Crippen LogP contribution >= 0.6 is 12.2 Å². The Kier molecular flexibility index (Phi) is 7.32. The molecule has 1 aromatic rings. The Labute approximate surface area is 119 Å². The van der Waals surface area contributed by atoms with Crippen molar-refractivity contribution in [2.45, 2.75) is 13.0 Å². The average Bonchev–Trinajstić information content (AvgIpc) is 2.42. The van der Waals surface area contributed by atoms with E-state index in [2.05, 4.69) is 9.88 Å². The summed E-state index contributed by atoms with van der Waals surface area (Å²) in [6, 6.07) is 5.74. The van der Waals surface area contributed by atoms with Crippen molar-refractivity contribution in [1.29, 1.82) is 0 Å². The third-order valence-corrected chi connectivity index (χ3v) is 2.87. The third-order valence-electron chi connectivity index (χ3n) is 2.66. The number of hydrogen-bond acceptors (Lipinski definition) is 5. The van der Waals surface area contributed by atoms with Gasteiger partial charge in [0.15, 0.2) is 0 Å². The highest BCUT2D eigenvalue weighted by Crippen LogP contribution is 2.09. The number of hydrogen-bond donors (Lipinski definition) is 1. The highest BCUT2D eigenvalue weighted by molar-refractivity contribution is 7.80. The lowest BCUT2D eigenvalue weighted by Crippen LogP contribution is -2.30. The van der Waals surface area contributed by atoms with Crippen LogP contribution in [0.5, 0.6) is 5.88 Å². The largest absolute Gasteiger partial charge is 0.481 e. The molecule has 19 heavy (non-hydrogen) atoms. The molecule has 0 atom stereocenters. The van der Waals surface area contributed by atoms with Gasteiger partial charge in [-0.1, -0.05) is 18.3 Å². The van der Waals surface area contributed by atoms with Crippen LogP contribution in [-0.4, -0.2) is 48.8 Å². The van der Waals surface area contributed by atoms with Gasteiger partial charge >= 0.3 is 0 Å². The molecule has 106 valence electrons. The molecule has 0 aromatic carbocycles. The van der Waals surface area contributed by atoms with Crippen LogP contribution in [-0.2, 0) is 11.3 Å². The fourth-order valence-corrected chi connectivity index (χ4v) is 1.74. The summed E-state index contributed by atoms with van der Waals surface area (Å²) in [6.45, 7) is 3.01. The van der Waals surface area contributed by atoms with Crippen LogP contribution in [0.25, 0.3) is 0 Å². The van der Waals surface area contributed by atoms with Crippen LogP contribution in [0, 0.1) is 0 Å². The van der Waals surface area contributed by atoms with E-state index >= 15 is 0 Å². The van der Waals surface area contributed by atoms with Crippen molar-refractivity contribution in [1.82, 2.24) is 9.88 Å². The minimum absolute atomic E-state index is 0.529. The van der Waals surface area contributed by atoms with Crippen molar-refractivity contribution in [3.63, 3.8) is 0 Å². The lowest BCUT2D eigenvalue weighted by Gasteiger charge is -2.21. The van der Waals surface area contributed by atoms with E-state index in [1.54, 1.807) is 14.2 Å². The van der Waals surface area contributed by atoms with Crippen LogP contribution in [0.15, 0.2) is 18.2 Å². The fraction of sp³-hybridized carbons (Fsp3) is 0.538. The molecular weight excluding hydrogens is 262 g/mol. The van der Waals surface area contributed by atoms with Crippen LogP contribution < -0.4 is 10.5 Å². The number of nitrogens with zero attached hydrogens (tertiary/aromatic N) is 2. The summed E-state index contributed by atoms with van der Waals surface area (Å²) in [5.74, 6) is 0.624. The SMILES string of the molecule is COCCN(CCC(N)=S)Cc1cccc(OC)n1. The number of nitrogens with two attached hydrogens (primary N) is 1. The number of ether oxygens (including phenoxy) is 2. The van der Waals surface area contributed by atoms with Gasteiger partial charge in [0.1, 0.15) is 0 Å². The molecule has 0 bridgehead atoms. The normalized spacial score (nSPS) is 10.7. The van der Waals surface area contributed by atoms with Gasteiger partial charge < -0.3 is 15.2 Å². The molecule has 0 saturated heterocycles. The Hall–Kier alpha value is -1.24. The van der Waals surface area contributed by atoms with E-state index in [-0.39, 0.29) is 0 Å². The Balaban J connectivity index is 2.60. The van der Waals surface area contributed by atoms with Crippen molar-refractivity contribution in [2.75, 3.05) is 33.9 Å². The number of rotatable bonds is 9. The van der Waals surface area contributed by atoms with E-state index in [1.165, 1.54) is 0 Å². The second kappa shape index (κ2) is 8.79. The zero-order valence-electron chi connectivity index (χ0n) is 11.5. The standard InChI is InChI=1S/C13H21N3O2S/c1-17-9-8-16(7-6-12(14)19)10-11-4-3-5-13(15-11)18-2/h3-5H,6-10H2,1-2H3,(H2,14,19). The van der Waals surface area contributed by atoms with Crippen molar-refractivity contribution in [3.8, 4) is 5.88 Å². The summed E-state index contributed by atoms with van der Waals surface area (Å²) in [6.07, 6.45) is 0.697. The Morgan fingerprint density at radius 1 is 1.37 bits per heavy atom. The molecule has 0 unspecified atom stereocenters. The van der Waals surface area contributed by atoms with Crippen LogP contribution in [0.2, 0.25) is 0 Å². The second-order valence-corrected chi connectivity index (χ2v) is 4.68. The molecule has 2 N–H and O–H groups in total. The maximum atomic E-state index is 5.55. The van der Waals surface area contributed by atoms with Gasteiger partial charge in [0.05, 0.1) is 24.4 Å². The summed E-state index contributed by atoms with van der Waals surface area (Å²) in [7, 11) is 3.30. The van der Waals surface area contributed by atoms with E-state index in [0.717, 1.165) is 25.3 Å². The lowest BCUT2D eigenvalue weighted by atomic mass is 10.3. The van der Waals surface area contributed by atoms with Gasteiger partial charge in [-0.3, -0.25) is 4.90 Å². The van der Waals surface area contributed by atoms with E-state index in [4.69, 9.17) is 27.4 Å².